The third-order valence-corrected chi connectivity index (χ3v) is 3.86. The van der Waals surface area contributed by atoms with Crippen LogP contribution in [0, 0.1) is 0 Å². The Morgan fingerprint density at radius 1 is 1.47 bits per heavy atom. The number of halogens is 1. The standard InChI is InChI=1S/C10H12ClNO4S/c1-3-12-17(14,15)7-4-5-9(11)8(6-7)10(13)16-2/h4-6,12H,3H2,1-2H3. The van der Waals surface area contributed by atoms with Gasteiger partial charge in [0.05, 0.1) is 22.6 Å². The first-order chi connectivity index (χ1) is 7.92. The average Bonchev–Trinajstić information content (AvgIpc) is 2.28. The van der Waals surface area contributed by atoms with Crippen molar-refractivity contribution in [1.82, 2.24) is 4.72 Å². The molecule has 0 aliphatic heterocycles. The molecule has 0 aliphatic carbocycles. The summed E-state index contributed by atoms with van der Waals surface area (Å²) in [5.74, 6) is -0.677. The van der Waals surface area contributed by atoms with Gasteiger partial charge in [0.2, 0.25) is 10.0 Å². The van der Waals surface area contributed by atoms with E-state index in [0.717, 1.165) is 0 Å². The van der Waals surface area contributed by atoms with Crippen LogP contribution < -0.4 is 4.72 Å². The van der Waals surface area contributed by atoms with Gasteiger partial charge in [-0.15, -0.1) is 0 Å². The summed E-state index contributed by atoms with van der Waals surface area (Å²) >= 11 is 5.78. The van der Waals surface area contributed by atoms with Gasteiger partial charge in [0, 0.05) is 6.54 Å². The minimum absolute atomic E-state index is 0.0214. The van der Waals surface area contributed by atoms with E-state index in [1.807, 2.05) is 0 Å². The number of rotatable bonds is 4. The lowest BCUT2D eigenvalue weighted by Gasteiger charge is -2.07. The van der Waals surface area contributed by atoms with Crippen LogP contribution in [0.5, 0.6) is 0 Å². The molecule has 0 amide bonds. The number of benzene rings is 1. The van der Waals surface area contributed by atoms with E-state index >= 15 is 0 Å². The fourth-order valence-corrected chi connectivity index (χ4v) is 2.47. The van der Waals surface area contributed by atoms with Gasteiger partial charge < -0.3 is 4.74 Å². The predicted molar refractivity (Wildman–Crippen MR) is 63.7 cm³/mol. The second-order valence-electron chi connectivity index (χ2n) is 3.13. The highest BCUT2D eigenvalue weighted by atomic mass is 35.5. The number of carbonyl (C=O) groups excluding carboxylic acids is 1. The largest absolute Gasteiger partial charge is 0.465 e. The number of sulfonamides is 1. The quantitative estimate of drug-likeness (QED) is 0.845. The molecular formula is C10H12ClNO4S. The van der Waals surface area contributed by atoms with Gasteiger partial charge in [0.15, 0.2) is 0 Å². The van der Waals surface area contributed by atoms with Crippen molar-refractivity contribution in [1.29, 1.82) is 0 Å². The Labute approximate surface area is 105 Å². The Balaban J connectivity index is 3.26. The lowest BCUT2D eigenvalue weighted by molar-refractivity contribution is 0.0600. The highest BCUT2D eigenvalue weighted by Crippen LogP contribution is 2.21. The number of nitrogens with one attached hydrogen (secondary N) is 1. The van der Waals surface area contributed by atoms with Crippen molar-refractivity contribution in [3.8, 4) is 0 Å². The Morgan fingerprint density at radius 3 is 2.65 bits per heavy atom. The van der Waals surface area contributed by atoms with E-state index in [1.54, 1.807) is 6.92 Å². The van der Waals surface area contributed by atoms with Crippen LogP contribution in [0.25, 0.3) is 0 Å². The van der Waals surface area contributed by atoms with Crippen LogP contribution in [-0.4, -0.2) is 28.0 Å². The molecule has 1 N–H and O–H groups in total. The molecular weight excluding hydrogens is 266 g/mol. The molecule has 0 aliphatic rings. The number of esters is 1. The Kier molecular flexibility index (Phi) is 4.50. The number of carbonyl (C=O) groups is 1. The topological polar surface area (TPSA) is 72.5 Å². The molecule has 1 rings (SSSR count). The maximum Gasteiger partial charge on any atom is 0.339 e. The van der Waals surface area contributed by atoms with Gasteiger partial charge in [-0.2, -0.15) is 0 Å². The molecule has 5 nitrogen and oxygen atoms in total. The molecule has 7 heteroatoms. The Bertz CT molecular complexity index is 527. The van der Waals surface area contributed by atoms with Crippen LogP contribution in [0.1, 0.15) is 17.3 Å². The van der Waals surface area contributed by atoms with E-state index in [4.69, 9.17) is 11.6 Å². The fraction of sp³-hybridized carbons (Fsp3) is 0.300. The number of hydrogen-bond acceptors (Lipinski definition) is 4. The number of hydrogen-bond donors (Lipinski definition) is 1. The summed E-state index contributed by atoms with van der Waals surface area (Å²) in [5, 5.41) is 0.146. The summed E-state index contributed by atoms with van der Waals surface area (Å²) in [6, 6.07) is 3.86. The van der Waals surface area contributed by atoms with E-state index in [-0.39, 0.29) is 22.0 Å². The molecule has 0 bridgehead atoms. The zero-order valence-corrected chi connectivity index (χ0v) is 10.9. The summed E-state index contributed by atoms with van der Waals surface area (Å²) in [6.07, 6.45) is 0. The summed E-state index contributed by atoms with van der Waals surface area (Å²) < 4.78 is 30.2. The second-order valence-corrected chi connectivity index (χ2v) is 5.31. The van der Waals surface area contributed by atoms with Crippen LogP contribution in [0.2, 0.25) is 5.02 Å². The van der Waals surface area contributed by atoms with Crippen molar-refractivity contribution in [3.63, 3.8) is 0 Å². The smallest absolute Gasteiger partial charge is 0.339 e. The van der Waals surface area contributed by atoms with Gasteiger partial charge in [-0.25, -0.2) is 17.9 Å². The first kappa shape index (κ1) is 14.0. The molecule has 0 radical (unpaired) electrons. The zero-order valence-electron chi connectivity index (χ0n) is 9.36. The van der Waals surface area contributed by atoms with Crippen LogP contribution in [0.3, 0.4) is 0 Å². The minimum atomic E-state index is -3.61. The van der Waals surface area contributed by atoms with E-state index in [9.17, 15) is 13.2 Å². The molecule has 0 heterocycles. The summed E-state index contributed by atoms with van der Waals surface area (Å²) in [7, 11) is -2.41. The lowest BCUT2D eigenvalue weighted by atomic mass is 10.2. The maximum atomic E-state index is 11.7. The monoisotopic (exact) mass is 277 g/mol. The fourth-order valence-electron chi connectivity index (χ4n) is 1.21. The molecule has 0 atom stereocenters. The molecule has 0 saturated heterocycles. The van der Waals surface area contributed by atoms with Crippen molar-refractivity contribution in [2.75, 3.05) is 13.7 Å². The van der Waals surface area contributed by atoms with Crippen molar-refractivity contribution in [3.05, 3.63) is 28.8 Å². The van der Waals surface area contributed by atoms with Crippen molar-refractivity contribution < 1.29 is 17.9 Å². The van der Waals surface area contributed by atoms with Crippen molar-refractivity contribution in [2.24, 2.45) is 0 Å². The first-order valence-electron chi connectivity index (χ1n) is 4.80. The normalized spacial score (nSPS) is 11.2. The lowest BCUT2D eigenvalue weighted by Crippen LogP contribution is -2.23. The molecule has 0 aromatic heterocycles. The summed E-state index contributed by atoms with van der Waals surface area (Å²) in [4.78, 5) is 11.3. The number of ether oxygens (including phenoxy) is 1. The third kappa shape index (κ3) is 3.18. The van der Waals surface area contributed by atoms with Crippen LogP contribution in [0.15, 0.2) is 23.1 Å². The van der Waals surface area contributed by atoms with Gasteiger partial charge in [-0.05, 0) is 18.2 Å². The van der Waals surface area contributed by atoms with Gasteiger partial charge in [-0.3, -0.25) is 0 Å². The molecule has 0 saturated carbocycles. The molecule has 94 valence electrons. The zero-order chi connectivity index (χ0) is 13.1. The average molecular weight is 278 g/mol. The van der Waals surface area contributed by atoms with E-state index in [1.165, 1.54) is 25.3 Å². The highest BCUT2D eigenvalue weighted by molar-refractivity contribution is 7.89. The molecule has 0 spiro atoms. The highest BCUT2D eigenvalue weighted by Gasteiger charge is 2.18. The van der Waals surface area contributed by atoms with Gasteiger partial charge in [-0.1, -0.05) is 18.5 Å². The second kappa shape index (κ2) is 5.48. The summed E-state index contributed by atoms with van der Waals surface area (Å²) in [6.45, 7) is 1.92. The summed E-state index contributed by atoms with van der Waals surface area (Å²) in [5.41, 5.74) is 0.0214. The van der Waals surface area contributed by atoms with Crippen LogP contribution in [0.4, 0.5) is 0 Å². The van der Waals surface area contributed by atoms with Crippen molar-refractivity contribution in [2.45, 2.75) is 11.8 Å². The van der Waals surface area contributed by atoms with E-state index in [2.05, 4.69) is 9.46 Å². The van der Waals surface area contributed by atoms with E-state index < -0.39 is 16.0 Å². The van der Waals surface area contributed by atoms with Gasteiger partial charge in [0.25, 0.3) is 0 Å². The first-order valence-corrected chi connectivity index (χ1v) is 6.66. The number of methoxy groups -OCH3 is 1. The molecule has 0 fully saturated rings. The minimum Gasteiger partial charge on any atom is -0.465 e. The predicted octanol–water partition coefficient (Wildman–Crippen LogP) is 1.42. The van der Waals surface area contributed by atoms with Gasteiger partial charge in [0.1, 0.15) is 0 Å². The van der Waals surface area contributed by atoms with Crippen LogP contribution in [-0.2, 0) is 14.8 Å². The van der Waals surface area contributed by atoms with Gasteiger partial charge >= 0.3 is 5.97 Å². The third-order valence-electron chi connectivity index (χ3n) is 1.99. The molecule has 1 aromatic carbocycles. The Morgan fingerprint density at radius 2 is 2.12 bits per heavy atom. The maximum absolute atomic E-state index is 11.7. The SMILES string of the molecule is CCNS(=O)(=O)c1ccc(Cl)c(C(=O)OC)c1. The van der Waals surface area contributed by atoms with Crippen LogP contribution >= 0.6 is 11.6 Å². The molecule has 17 heavy (non-hydrogen) atoms. The van der Waals surface area contributed by atoms with E-state index in [0.29, 0.717) is 0 Å². The van der Waals surface area contributed by atoms with Crippen molar-refractivity contribution >= 4 is 27.6 Å². The molecule has 0 unspecified atom stereocenters. The molecule has 1 aromatic rings. The Hall–Kier alpha value is -1.11.